The Bertz CT molecular complexity index is 795. The average Bonchev–Trinajstić information content (AvgIpc) is 2.70. The standard InChI is InChI=1S/C22H26N4O/c1-27-21-16-26(22(21)19-5-9-24-10-6-19)20-7-11-25(12-8-20)15-18-4-2-3-17(13-18)14-23/h2-6,9-10,13,20-22H,7-8,11-12,15-16H2,1H3/t21-,22-/m0/s1. The Kier molecular flexibility index (Phi) is 5.49. The molecule has 2 aliphatic rings. The molecular weight excluding hydrogens is 336 g/mol. The van der Waals surface area contributed by atoms with Crippen LogP contribution in [0.3, 0.4) is 0 Å². The lowest BCUT2D eigenvalue weighted by atomic mass is 9.87. The molecule has 2 aliphatic heterocycles. The van der Waals surface area contributed by atoms with E-state index in [9.17, 15) is 0 Å². The Hall–Kier alpha value is -2.26. The first-order valence-electron chi connectivity index (χ1n) is 9.68. The van der Waals surface area contributed by atoms with Crippen molar-refractivity contribution in [2.75, 3.05) is 26.7 Å². The Morgan fingerprint density at radius 3 is 2.67 bits per heavy atom. The molecule has 140 valence electrons. The zero-order valence-electron chi connectivity index (χ0n) is 15.8. The highest BCUT2D eigenvalue weighted by Gasteiger charge is 2.44. The van der Waals surface area contributed by atoms with Crippen molar-refractivity contribution in [2.24, 2.45) is 0 Å². The molecule has 0 N–H and O–H groups in total. The second kappa shape index (κ2) is 8.18. The van der Waals surface area contributed by atoms with E-state index in [1.165, 1.54) is 24.0 Å². The summed E-state index contributed by atoms with van der Waals surface area (Å²) in [6, 6.07) is 15.4. The smallest absolute Gasteiger partial charge is 0.0991 e. The van der Waals surface area contributed by atoms with Gasteiger partial charge in [0.1, 0.15) is 0 Å². The normalized spacial score (nSPS) is 24.3. The molecule has 0 radical (unpaired) electrons. The maximum atomic E-state index is 9.07. The first-order chi connectivity index (χ1) is 13.3. The molecule has 0 saturated carbocycles. The predicted molar refractivity (Wildman–Crippen MR) is 104 cm³/mol. The van der Waals surface area contributed by atoms with Gasteiger partial charge in [-0.15, -0.1) is 0 Å². The number of nitriles is 1. The van der Waals surface area contributed by atoms with Gasteiger partial charge in [-0.05, 0) is 61.3 Å². The fourth-order valence-corrected chi connectivity index (χ4v) is 4.45. The van der Waals surface area contributed by atoms with Crippen LogP contribution in [0.4, 0.5) is 0 Å². The van der Waals surface area contributed by atoms with Crippen LogP contribution in [0.2, 0.25) is 0 Å². The number of hydrogen-bond acceptors (Lipinski definition) is 5. The number of piperidine rings is 1. The molecule has 4 rings (SSSR count). The molecule has 0 spiro atoms. The SMILES string of the molecule is CO[C@H]1CN(C2CCN(Cc3cccc(C#N)c3)CC2)[C@H]1c1ccncc1. The van der Waals surface area contributed by atoms with E-state index in [1.807, 2.05) is 37.7 Å². The molecule has 3 heterocycles. The van der Waals surface area contributed by atoms with Crippen LogP contribution in [-0.2, 0) is 11.3 Å². The summed E-state index contributed by atoms with van der Waals surface area (Å²) in [7, 11) is 1.81. The minimum absolute atomic E-state index is 0.277. The minimum Gasteiger partial charge on any atom is -0.378 e. The van der Waals surface area contributed by atoms with Crippen LogP contribution >= 0.6 is 0 Å². The Balaban J connectivity index is 1.35. The van der Waals surface area contributed by atoms with Gasteiger partial charge in [0.05, 0.1) is 23.8 Å². The van der Waals surface area contributed by atoms with Crippen LogP contribution in [-0.4, -0.2) is 53.7 Å². The number of ether oxygens (including phenoxy) is 1. The molecule has 2 saturated heterocycles. The van der Waals surface area contributed by atoms with E-state index < -0.39 is 0 Å². The number of likely N-dealkylation sites (tertiary alicyclic amines) is 2. The zero-order valence-corrected chi connectivity index (χ0v) is 15.8. The Morgan fingerprint density at radius 2 is 1.96 bits per heavy atom. The van der Waals surface area contributed by atoms with E-state index in [0.29, 0.717) is 12.1 Å². The second-order valence-corrected chi connectivity index (χ2v) is 7.52. The number of methoxy groups -OCH3 is 1. The third kappa shape index (κ3) is 3.89. The fourth-order valence-electron chi connectivity index (χ4n) is 4.45. The number of rotatable bonds is 5. The minimum atomic E-state index is 0.277. The molecule has 0 unspecified atom stereocenters. The summed E-state index contributed by atoms with van der Waals surface area (Å²) in [4.78, 5) is 9.26. The molecule has 2 aromatic rings. The lowest BCUT2D eigenvalue weighted by molar-refractivity contribution is -0.116. The highest BCUT2D eigenvalue weighted by molar-refractivity contribution is 5.32. The van der Waals surface area contributed by atoms with Crippen LogP contribution in [0.25, 0.3) is 0 Å². The van der Waals surface area contributed by atoms with Gasteiger partial charge in [0.2, 0.25) is 0 Å². The second-order valence-electron chi connectivity index (χ2n) is 7.52. The summed E-state index contributed by atoms with van der Waals surface area (Å²) in [6.45, 7) is 4.13. The van der Waals surface area contributed by atoms with Gasteiger partial charge in [0, 0.05) is 38.6 Å². The molecule has 0 bridgehead atoms. The monoisotopic (exact) mass is 362 g/mol. The molecular formula is C22H26N4O. The van der Waals surface area contributed by atoms with Crippen molar-refractivity contribution in [3.63, 3.8) is 0 Å². The molecule has 27 heavy (non-hydrogen) atoms. The largest absolute Gasteiger partial charge is 0.378 e. The van der Waals surface area contributed by atoms with Gasteiger partial charge in [0.15, 0.2) is 0 Å². The third-order valence-electron chi connectivity index (χ3n) is 5.94. The maximum Gasteiger partial charge on any atom is 0.0991 e. The zero-order chi connectivity index (χ0) is 18.6. The highest BCUT2D eigenvalue weighted by Crippen LogP contribution is 2.39. The average molecular weight is 362 g/mol. The van der Waals surface area contributed by atoms with Crippen molar-refractivity contribution >= 4 is 0 Å². The van der Waals surface area contributed by atoms with Crippen molar-refractivity contribution < 1.29 is 4.74 Å². The number of benzene rings is 1. The molecule has 2 atom stereocenters. The summed E-state index contributed by atoms with van der Waals surface area (Å²) < 4.78 is 5.70. The van der Waals surface area contributed by atoms with Crippen LogP contribution < -0.4 is 0 Å². The lowest BCUT2D eigenvalue weighted by Gasteiger charge is -2.53. The lowest BCUT2D eigenvalue weighted by Crippen LogP contribution is -2.60. The van der Waals surface area contributed by atoms with Gasteiger partial charge in [-0.1, -0.05) is 12.1 Å². The van der Waals surface area contributed by atoms with Crippen LogP contribution in [0.1, 0.15) is 35.6 Å². The van der Waals surface area contributed by atoms with E-state index in [1.54, 1.807) is 0 Å². The van der Waals surface area contributed by atoms with E-state index in [4.69, 9.17) is 10.00 Å². The van der Waals surface area contributed by atoms with Crippen molar-refractivity contribution in [3.8, 4) is 6.07 Å². The molecule has 2 fully saturated rings. The summed E-state index contributed by atoms with van der Waals surface area (Å²) in [5.74, 6) is 0. The van der Waals surface area contributed by atoms with Crippen LogP contribution in [0, 0.1) is 11.3 Å². The summed E-state index contributed by atoms with van der Waals surface area (Å²) >= 11 is 0. The predicted octanol–water partition coefficient (Wildman–Crippen LogP) is 2.99. The number of aromatic nitrogens is 1. The van der Waals surface area contributed by atoms with Gasteiger partial charge in [-0.25, -0.2) is 0 Å². The third-order valence-corrected chi connectivity index (χ3v) is 5.94. The van der Waals surface area contributed by atoms with Gasteiger partial charge >= 0.3 is 0 Å². The molecule has 1 aromatic heterocycles. The van der Waals surface area contributed by atoms with Gasteiger partial charge in [-0.3, -0.25) is 14.8 Å². The van der Waals surface area contributed by atoms with Crippen molar-refractivity contribution in [2.45, 2.75) is 37.6 Å². The van der Waals surface area contributed by atoms with E-state index in [-0.39, 0.29) is 6.10 Å². The molecule has 5 heteroatoms. The summed E-state index contributed by atoms with van der Waals surface area (Å²) in [6.07, 6.45) is 6.37. The first-order valence-corrected chi connectivity index (χ1v) is 9.68. The highest BCUT2D eigenvalue weighted by atomic mass is 16.5. The summed E-state index contributed by atoms with van der Waals surface area (Å²) in [5, 5.41) is 9.07. The van der Waals surface area contributed by atoms with Gasteiger partial charge < -0.3 is 4.74 Å². The van der Waals surface area contributed by atoms with Crippen molar-refractivity contribution in [1.82, 2.24) is 14.8 Å². The van der Waals surface area contributed by atoms with Crippen LogP contribution in [0.5, 0.6) is 0 Å². The number of nitrogens with zero attached hydrogens (tertiary/aromatic N) is 4. The molecule has 5 nitrogen and oxygen atoms in total. The topological polar surface area (TPSA) is 52.4 Å². The first kappa shape index (κ1) is 18.1. The molecule has 0 aliphatic carbocycles. The van der Waals surface area contributed by atoms with E-state index >= 15 is 0 Å². The quantitative estimate of drug-likeness (QED) is 0.818. The molecule has 0 amide bonds. The maximum absolute atomic E-state index is 9.07. The van der Waals surface area contributed by atoms with Crippen molar-refractivity contribution in [1.29, 1.82) is 5.26 Å². The Labute approximate surface area is 161 Å². The summed E-state index contributed by atoms with van der Waals surface area (Å²) in [5.41, 5.74) is 3.28. The van der Waals surface area contributed by atoms with Crippen LogP contribution in [0.15, 0.2) is 48.8 Å². The number of pyridine rings is 1. The van der Waals surface area contributed by atoms with Gasteiger partial charge in [0.25, 0.3) is 0 Å². The van der Waals surface area contributed by atoms with E-state index in [2.05, 4.69) is 39.1 Å². The fraction of sp³-hybridized carbons (Fsp3) is 0.455. The molecule has 1 aromatic carbocycles. The number of hydrogen-bond donors (Lipinski definition) is 0. The van der Waals surface area contributed by atoms with Gasteiger partial charge in [-0.2, -0.15) is 5.26 Å². The Morgan fingerprint density at radius 1 is 1.19 bits per heavy atom. The van der Waals surface area contributed by atoms with E-state index in [0.717, 1.165) is 31.7 Å². The van der Waals surface area contributed by atoms with Crippen molar-refractivity contribution in [3.05, 3.63) is 65.5 Å².